The molecule has 35 heavy (non-hydrogen) atoms. The molecule has 1 aliphatic rings. The molecule has 1 N–H and O–H groups in total. The van der Waals surface area contributed by atoms with Crippen LogP contribution in [0, 0.1) is 0 Å². The number of benzene rings is 3. The fraction of sp³-hybridized carbons (Fsp3) is 0.179. The van der Waals surface area contributed by atoms with Crippen LogP contribution in [0.2, 0.25) is 0 Å². The molecule has 0 fully saturated rings. The number of rotatable bonds is 7. The van der Waals surface area contributed by atoms with E-state index in [1.807, 2.05) is 50.2 Å². The number of furan rings is 1. The highest BCUT2D eigenvalue weighted by Crippen LogP contribution is 2.40. The molecule has 0 saturated carbocycles. The Morgan fingerprint density at radius 3 is 2.69 bits per heavy atom. The number of carbonyl (C=O) groups is 1. The van der Waals surface area contributed by atoms with Gasteiger partial charge in [0.05, 0.1) is 20.0 Å². The molecule has 1 amide bonds. The lowest BCUT2D eigenvalue weighted by Crippen LogP contribution is -2.08. The normalized spacial score (nSPS) is 12.6. The summed E-state index contributed by atoms with van der Waals surface area (Å²) in [4.78, 5) is 12.8. The number of ether oxygens (including phenoxy) is 4. The summed E-state index contributed by atoms with van der Waals surface area (Å²) < 4.78 is 28.0. The lowest BCUT2D eigenvalue weighted by Gasteiger charge is -2.12. The van der Waals surface area contributed by atoms with E-state index in [1.54, 1.807) is 37.6 Å². The number of nitrogens with one attached hydrogen (secondary N) is 1. The first kappa shape index (κ1) is 22.4. The number of anilines is 1. The second kappa shape index (κ2) is 9.46. The van der Waals surface area contributed by atoms with Crippen LogP contribution in [-0.4, -0.2) is 26.4 Å². The van der Waals surface area contributed by atoms with Crippen molar-refractivity contribution in [1.29, 1.82) is 0 Å². The molecule has 0 radical (unpaired) electrons. The molecule has 7 nitrogen and oxygen atoms in total. The third-order valence-corrected chi connectivity index (χ3v) is 5.79. The molecule has 1 aromatic heterocycles. The van der Waals surface area contributed by atoms with Gasteiger partial charge in [-0.25, -0.2) is 0 Å². The van der Waals surface area contributed by atoms with E-state index in [4.69, 9.17) is 23.4 Å². The van der Waals surface area contributed by atoms with Gasteiger partial charge < -0.3 is 28.7 Å². The first-order valence-corrected chi connectivity index (χ1v) is 11.3. The maximum atomic E-state index is 12.8. The van der Waals surface area contributed by atoms with E-state index in [-0.39, 0.29) is 12.7 Å². The Balaban J connectivity index is 1.50. The molecule has 4 aromatic rings. The molecule has 0 aliphatic carbocycles. The highest BCUT2D eigenvalue weighted by molar-refractivity contribution is 6.05. The van der Waals surface area contributed by atoms with E-state index >= 15 is 0 Å². The maximum absolute atomic E-state index is 12.8. The Kier molecular flexibility index (Phi) is 6.06. The number of hydrogen-bond acceptors (Lipinski definition) is 6. The van der Waals surface area contributed by atoms with Crippen LogP contribution < -0.4 is 24.3 Å². The van der Waals surface area contributed by atoms with Crippen LogP contribution in [0.15, 0.2) is 71.4 Å². The fourth-order valence-corrected chi connectivity index (χ4v) is 4.14. The van der Waals surface area contributed by atoms with Crippen LogP contribution in [-0.2, 0) is 4.79 Å². The van der Waals surface area contributed by atoms with Crippen molar-refractivity contribution in [2.45, 2.75) is 13.8 Å². The summed E-state index contributed by atoms with van der Waals surface area (Å²) in [5.41, 5.74) is 4.69. The third-order valence-electron chi connectivity index (χ3n) is 5.79. The minimum absolute atomic E-state index is 0.180. The number of methoxy groups -OCH3 is 1. The van der Waals surface area contributed by atoms with Crippen LogP contribution in [0.5, 0.6) is 23.0 Å². The molecule has 7 heteroatoms. The van der Waals surface area contributed by atoms with Crippen LogP contribution >= 0.6 is 0 Å². The van der Waals surface area contributed by atoms with Crippen molar-refractivity contribution in [1.82, 2.24) is 0 Å². The van der Waals surface area contributed by atoms with Crippen molar-refractivity contribution >= 4 is 28.1 Å². The van der Waals surface area contributed by atoms with Gasteiger partial charge in [-0.05, 0) is 43.7 Å². The zero-order chi connectivity index (χ0) is 24.4. The first-order valence-electron chi connectivity index (χ1n) is 11.3. The maximum Gasteiger partial charge on any atom is 0.248 e. The molecule has 5 rings (SSSR count). The Bertz CT molecular complexity index is 1430. The zero-order valence-electron chi connectivity index (χ0n) is 19.7. The summed E-state index contributed by atoms with van der Waals surface area (Å²) in [6, 6.07) is 16.9. The average Bonchev–Trinajstić information content (AvgIpc) is 3.49. The highest BCUT2D eigenvalue weighted by atomic mass is 16.7. The Hall–Kier alpha value is -4.39. The highest BCUT2D eigenvalue weighted by Gasteiger charge is 2.18. The molecule has 0 atom stereocenters. The number of carbonyl (C=O) groups excluding carboxylic acids is 1. The Labute approximate surface area is 202 Å². The summed E-state index contributed by atoms with van der Waals surface area (Å²) in [7, 11) is 1.64. The summed E-state index contributed by atoms with van der Waals surface area (Å²) in [5.74, 6) is 2.40. The third kappa shape index (κ3) is 4.40. The lowest BCUT2D eigenvalue weighted by atomic mass is 9.98. The van der Waals surface area contributed by atoms with Crippen molar-refractivity contribution in [2.24, 2.45) is 0 Å². The van der Waals surface area contributed by atoms with E-state index in [9.17, 15) is 4.79 Å². The van der Waals surface area contributed by atoms with E-state index in [2.05, 4.69) is 5.32 Å². The van der Waals surface area contributed by atoms with Gasteiger partial charge in [-0.2, -0.15) is 0 Å². The van der Waals surface area contributed by atoms with E-state index < -0.39 is 0 Å². The largest absolute Gasteiger partial charge is 0.496 e. The van der Waals surface area contributed by atoms with Gasteiger partial charge >= 0.3 is 0 Å². The number of fused-ring (bicyclic) bond motifs is 2. The van der Waals surface area contributed by atoms with Crippen LogP contribution in [0.25, 0.3) is 27.7 Å². The van der Waals surface area contributed by atoms with Crippen LogP contribution in [0.4, 0.5) is 5.69 Å². The monoisotopic (exact) mass is 471 g/mol. The number of hydrogen-bond donors (Lipinski definition) is 1. The standard InChI is InChI=1S/C28H25NO6/c1-4-32-25-14-26-21(22(15-33-26)19-7-5-6-8-23(19)31-3)13-20(25)17(2)11-28(30)29-18-9-10-24-27(12-18)35-16-34-24/h5-15H,4,16H2,1-3H3,(H,29,30)/b17-11+. The predicted molar refractivity (Wildman–Crippen MR) is 134 cm³/mol. The van der Waals surface area contributed by atoms with E-state index in [0.29, 0.717) is 35.1 Å². The number of amides is 1. The van der Waals surface area contributed by atoms with Crippen LogP contribution in [0.1, 0.15) is 19.4 Å². The number of para-hydroxylation sites is 1. The molecule has 178 valence electrons. The lowest BCUT2D eigenvalue weighted by molar-refractivity contribution is -0.111. The summed E-state index contributed by atoms with van der Waals surface area (Å²) in [5, 5.41) is 3.78. The van der Waals surface area contributed by atoms with Crippen molar-refractivity contribution in [3.8, 4) is 34.1 Å². The molecule has 1 aliphatic heterocycles. The summed E-state index contributed by atoms with van der Waals surface area (Å²) in [6.45, 7) is 4.46. The smallest absolute Gasteiger partial charge is 0.248 e. The van der Waals surface area contributed by atoms with Crippen molar-refractivity contribution < 1.29 is 28.2 Å². The molecular weight excluding hydrogens is 446 g/mol. The molecule has 0 spiro atoms. The predicted octanol–water partition coefficient (Wildman–Crippen LogP) is 6.28. The second-order valence-electron chi connectivity index (χ2n) is 8.01. The van der Waals surface area contributed by atoms with Crippen molar-refractivity contribution in [3.63, 3.8) is 0 Å². The van der Waals surface area contributed by atoms with Crippen molar-refractivity contribution in [2.75, 3.05) is 25.8 Å². The first-order chi connectivity index (χ1) is 17.1. The summed E-state index contributed by atoms with van der Waals surface area (Å²) in [6.07, 6.45) is 3.27. The molecule has 0 bridgehead atoms. The van der Waals surface area contributed by atoms with Gasteiger partial charge in [0.1, 0.15) is 17.1 Å². The average molecular weight is 472 g/mol. The Morgan fingerprint density at radius 2 is 1.86 bits per heavy atom. The zero-order valence-corrected chi connectivity index (χ0v) is 19.7. The van der Waals surface area contributed by atoms with Gasteiger partial charge in [0.25, 0.3) is 0 Å². The number of allylic oxidation sites excluding steroid dienone is 1. The van der Waals surface area contributed by atoms with Gasteiger partial charge in [-0.3, -0.25) is 4.79 Å². The van der Waals surface area contributed by atoms with Gasteiger partial charge in [0.2, 0.25) is 12.7 Å². The molecule has 0 saturated heterocycles. The molecule has 3 aromatic carbocycles. The minimum atomic E-state index is -0.263. The van der Waals surface area contributed by atoms with Gasteiger partial charge in [-0.15, -0.1) is 0 Å². The van der Waals surface area contributed by atoms with Crippen molar-refractivity contribution in [3.05, 3.63) is 72.5 Å². The molecular formula is C28H25NO6. The fourth-order valence-electron chi connectivity index (χ4n) is 4.14. The Morgan fingerprint density at radius 1 is 1.03 bits per heavy atom. The SMILES string of the molecule is CCOc1cc2occ(-c3ccccc3OC)c2cc1/C(C)=C/C(=O)Nc1ccc2c(c1)OCO2. The van der Waals surface area contributed by atoms with Gasteiger partial charge in [-0.1, -0.05) is 18.2 Å². The topological polar surface area (TPSA) is 79.2 Å². The quantitative estimate of drug-likeness (QED) is 0.320. The van der Waals surface area contributed by atoms with Crippen LogP contribution in [0.3, 0.4) is 0 Å². The van der Waals surface area contributed by atoms with E-state index in [1.165, 1.54) is 0 Å². The van der Waals surface area contributed by atoms with E-state index in [0.717, 1.165) is 33.4 Å². The van der Waals surface area contributed by atoms with Gasteiger partial charge in [0.15, 0.2) is 11.5 Å². The minimum Gasteiger partial charge on any atom is -0.496 e. The molecule has 0 unspecified atom stereocenters. The molecule has 2 heterocycles. The second-order valence-corrected chi connectivity index (χ2v) is 8.01. The van der Waals surface area contributed by atoms with Gasteiger partial charge in [0, 0.05) is 46.0 Å². The summed E-state index contributed by atoms with van der Waals surface area (Å²) >= 11 is 0.